The third kappa shape index (κ3) is 14.0. The minimum atomic E-state index is -0.930. The second-order valence-electron chi connectivity index (χ2n) is 22.5. The number of aromatic nitrogens is 2. The molecule has 4 N–H and O–H groups in total. The van der Waals surface area contributed by atoms with Crippen molar-refractivity contribution < 1.29 is 48.5 Å². The number of hydrogen-bond acceptors (Lipinski definition) is 16. The molecule has 4 fully saturated rings. The molecule has 0 radical (unpaired) electrons. The zero-order valence-corrected chi connectivity index (χ0v) is 52.5. The molecule has 474 valence electrons. The fourth-order valence-electron chi connectivity index (χ4n) is 12.2. The van der Waals surface area contributed by atoms with Gasteiger partial charge < -0.3 is 45.2 Å². The van der Waals surface area contributed by atoms with Crippen LogP contribution in [0.1, 0.15) is 55.1 Å². The van der Waals surface area contributed by atoms with Crippen LogP contribution in [0.3, 0.4) is 0 Å². The SMILES string of the molecule is C=CCN1CC(=O)N2C(CN(Cc3cccc4sc(C)nc34)C(=O)[C@@H]2Cc2ccc(O)cc2)N1C(=O)NCc1ccccc1.C=CCN1CC(=O)N2[C@@H](Cc3ccc(O)cc3)C(=O)N(Cc3cccc4sc(C(=O)OCC)nc34)C[C@@H]2N1C(=O)NCc1ccccc1. The van der Waals surface area contributed by atoms with Crippen molar-refractivity contribution in [1.82, 2.24) is 60.2 Å². The number of urea groups is 2. The van der Waals surface area contributed by atoms with E-state index in [9.17, 15) is 43.8 Å². The highest BCUT2D eigenvalue weighted by Crippen LogP contribution is 2.35. The summed E-state index contributed by atoms with van der Waals surface area (Å²) in [5, 5.41) is 33.3. The number of aryl methyl sites for hydroxylation is 1. The maximum atomic E-state index is 14.4. The summed E-state index contributed by atoms with van der Waals surface area (Å²) < 4.78 is 6.97. The number of para-hydroxylation sites is 2. The summed E-state index contributed by atoms with van der Waals surface area (Å²) in [6.45, 7) is 13.1. The molecule has 92 heavy (non-hydrogen) atoms. The van der Waals surface area contributed by atoms with Crippen molar-refractivity contribution in [2.45, 2.75) is 77.3 Å². The van der Waals surface area contributed by atoms with E-state index in [1.54, 1.807) is 96.5 Å². The summed E-state index contributed by atoms with van der Waals surface area (Å²) in [7, 11) is 0. The predicted octanol–water partition coefficient (Wildman–Crippen LogP) is 7.96. The third-order valence-electron chi connectivity index (χ3n) is 16.3. The maximum absolute atomic E-state index is 14.4. The summed E-state index contributed by atoms with van der Waals surface area (Å²) in [5.41, 5.74) is 6.45. The van der Waals surface area contributed by atoms with Crippen molar-refractivity contribution in [3.63, 3.8) is 0 Å². The quantitative estimate of drug-likeness (QED) is 0.0471. The van der Waals surface area contributed by atoms with E-state index in [0.29, 0.717) is 12.1 Å². The van der Waals surface area contributed by atoms with Gasteiger partial charge in [0.25, 0.3) is 0 Å². The molecule has 8 amide bonds. The molecule has 4 atom stereocenters. The van der Waals surface area contributed by atoms with E-state index in [4.69, 9.17) is 9.72 Å². The van der Waals surface area contributed by atoms with Crippen LogP contribution >= 0.6 is 22.7 Å². The Morgan fingerprint density at radius 2 is 1.01 bits per heavy atom. The van der Waals surface area contributed by atoms with E-state index >= 15 is 0 Å². The molecule has 6 aromatic carbocycles. The van der Waals surface area contributed by atoms with E-state index < -0.39 is 36.4 Å². The van der Waals surface area contributed by atoms with Crippen LogP contribution in [-0.2, 0) is 62.9 Å². The van der Waals surface area contributed by atoms with E-state index in [0.717, 1.165) is 53.3 Å². The number of thiazole rings is 2. The Kier molecular flexibility index (Phi) is 19.6. The first-order valence-electron chi connectivity index (χ1n) is 30.2. The lowest BCUT2D eigenvalue weighted by Crippen LogP contribution is -2.76. The van der Waals surface area contributed by atoms with E-state index in [2.05, 4.69) is 28.8 Å². The topological polar surface area (TPSA) is 245 Å². The van der Waals surface area contributed by atoms with Gasteiger partial charge in [0.15, 0.2) is 0 Å². The summed E-state index contributed by atoms with van der Waals surface area (Å²) in [5.74, 6) is -1.32. The zero-order valence-electron chi connectivity index (χ0n) is 50.9. The molecule has 0 spiro atoms. The number of esters is 1. The molecular weight excluding hydrogens is 1210 g/mol. The maximum Gasteiger partial charge on any atom is 0.367 e. The van der Waals surface area contributed by atoms with Gasteiger partial charge in [-0.1, -0.05) is 121 Å². The largest absolute Gasteiger partial charge is 0.508 e. The Hall–Kier alpha value is -10.0. The Bertz CT molecular complexity index is 4040. The molecule has 0 saturated carbocycles. The molecule has 2 aromatic heterocycles. The second kappa shape index (κ2) is 28.4. The number of nitrogens with one attached hydrogen (secondary N) is 2. The first kappa shape index (κ1) is 63.6. The van der Waals surface area contributed by atoms with Crippen LogP contribution in [0.5, 0.6) is 11.5 Å². The Labute approximate surface area is 539 Å². The number of ether oxygens (including phenoxy) is 1. The lowest BCUT2D eigenvalue weighted by Gasteiger charge is -2.55. The molecule has 0 bridgehead atoms. The van der Waals surface area contributed by atoms with Crippen molar-refractivity contribution in [1.29, 1.82) is 0 Å². The highest BCUT2D eigenvalue weighted by Gasteiger charge is 2.53. The van der Waals surface area contributed by atoms with E-state index in [1.165, 1.54) is 33.4 Å². The first-order chi connectivity index (χ1) is 44.6. The number of phenolic OH excluding ortho intramolecular Hbond substituents is 2. The van der Waals surface area contributed by atoms with E-state index in [-0.39, 0.29) is 125 Å². The molecular formula is C68H70N12O10S2. The molecule has 4 saturated heterocycles. The smallest absolute Gasteiger partial charge is 0.367 e. The summed E-state index contributed by atoms with van der Waals surface area (Å²) >= 11 is 2.82. The number of phenols is 2. The van der Waals surface area contributed by atoms with Crippen molar-refractivity contribution >= 4 is 84.8 Å². The number of fused-ring (bicyclic) bond motifs is 4. The number of benzene rings is 6. The van der Waals surface area contributed by atoms with Gasteiger partial charge >= 0.3 is 18.0 Å². The molecule has 8 aromatic rings. The average molecular weight is 1280 g/mol. The number of hydrazine groups is 2. The van der Waals surface area contributed by atoms with Crippen LogP contribution in [0, 0.1) is 6.92 Å². The molecule has 0 aliphatic carbocycles. The molecule has 6 heterocycles. The van der Waals surface area contributed by atoms with Gasteiger partial charge in [0, 0.05) is 52.1 Å². The average Bonchev–Trinajstić information content (AvgIpc) is 0.927. The number of rotatable bonds is 18. The standard InChI is InChI=1S/C35H36N6O6S.C33H34N6O4S/c1-3-17-39-22-30(43)40-27(18-23-13-15-26(42)16-14-23)33(44)38(21-29(40)41(39)35(46)36-19-24-9-6-5-7-10-24)20-25-11-8-12-28-31(25)37-32(48-28)34(45)47-4-2;1-3-16-37-21-30(41)38-27(17-23-12-14-26(40)15-13-23)32(42)36(19-25-10-7-11-28-31(25)35-22(2)44-28)20-29(38)39(37)33(43)34-18-24-8-5-4-6-9-24/h3,5-16,27,29,42H,1,4,17-22H2,2H3,(H,36,46);3-15,27,29,40H,1,16-21H2,2H3,(H,34,43)/t27-,29-;27-,29?/m00/s1. The minimum Gasteiger partial charge on any atom is -0.508 e. The molecule has 4 aliphatic rings. The fraction of sp³-hybridized carbons (Fsp3) is 0.279. The fourth-order valence-corrected chi connectivity index (χ4v) is 14.0. The van der Waals surface area contributed by atoms with Crippen molar-refractivity contribution in [2.75, 3.05) is 45.9 Å². The Morgan fingerprint density at radius 3 is 1.45 bits per heavy atom. The van der Waals surface area contributed by atoms with Crippen LogP contribution in [0.4, 0.5) is 9.59 Å². The second-order valence-corrected chi connectivity index (χ2v) is 24.8. The Morgan fingerprint density at radius 1 is 0.576 bits per heavy atom. The Balaban J connectivity index is 0.000000189. The van der Waals surface area contributed by atoms with Crippen molar-refractivity contribution in [2.24, 2.45) is 0 Å². The van der Waals surface area contributed by atoms with Gasteiger partial charge in [-0.2, -0.15) is 0 Å². The van der Waals surface area contributed by atoms with Crippen molar-refractivity contribution in [3.8, 4) is 11.5 Å². The van der Waals surface area contributed by atoms with Crippen LogP contribution in [-0.4, -0.2) is 172 Å². The van der Waals surface area contributed by atoms with E-state index in [1.807, 2.05) is 104 Å². The van der Waals surface area contributed by atoms with Gasteiger partial charge in [0.05, 0.1) is 58.2 Å². The molecule has 24 heteroatoms. The lowest BCUT2D eigenvalue weighted by molar-refractivity contribution is -0.189. The monoisotopic (exact) mass is 1280 g/mol. The summed E-state index contributed by atoms with van der Waals surface area (Å²) in [6.07, 6.45) is 2.12. The first-order valence-corrected chi connectivity index (χ1v) is 31.8. The number of hydrogen-bond donors (Lipinski definition) is 4. The molecule has 22 nitrogen and oxygen atoms in total. The highest BCUT2D eigenvalue weighted by atomic mass is 32.1. The van der Waals surface area contributed by atoms with Gasteiger partial charge in [0.2, 0.25) is 28.6 Å². The number of piperazine rings is 2. The molecule has 1 unspecified atom stereocenters. The van der Waals surface area contributed by atoms with Crippen LogP contribution < -0.4 is 10.6 Å². The summed E-state index contributed by atoms with van der Waals surface area (Å²) in [6, 6.07) is 41.2. The zero-order chi connectivity index (χ0) is 64.6. The van der Waals surface area contributed by atoms with Gasteiger partial charge in [-0.25, -0.2) is 44.4 Å². The van der Waals surface area contributed by atoms with Crippen LogP contribution in [0.25, 0.3) is 20.4 Å². The van der Waals surface area contributed by atoms with Crippen LogP contribution in [0.2, 0.25) is 0 Å². The third-order valence-corrected chi connectivity index (χ3v) is 18.3. The number of carbonyl (C=O) groups excluding carboxylic acids is 7. The highest BCUT2D eigenvalue weighted by molar-refractivity contribution is 7.20. The molecule has 12 rings (SSSR count). The lowest BCUT2D eigenvalue weighted by atomic mass is 9.98. The number of aromatic hydroxyl groups is 2. The summed E-state index contributed by atoms with van der Waals surface area (Å²) in [4.78, 5) is 112. The predicted molar refractivity (Wildman–Crippen MR) is 348 cm³/mol. The minimum absolute atomic E-state index is 0.0360. The number of amides is 8. The van der Waals surface area contributed by atoms with Crippen LogP contribution in [0.15, 0.2) is 171 Å². The van der Waals surface area contributed by atoms with Gasteiger partial charge in [0.1, 0.15) is 35.9 Å². The van der Waals surface area contributed by atoms with Gasteiger partial charge in [-0.15, -0.1) is 35.8 Å². The van der Waals surface area contributed by atoms with Gasteiger partial charge in [-0.3, -0.25) is 19.2 Å². The van der Waals surface area contributed by atoms with Gasteiger partial charge in [-0.05, 0) is 83.6 Å². The molecule has 4 aliphatic heterocycles. The number of nitrogens with zero attached hydrogens (tertiary/aromatic N) is 10. The van der Waals surface area contributed by atoms with Crippen molar-refractivity contribution in [3.05, 3.63) is 214 Å². The normalized spacial score (nSPS) is 18.5. The number of carbonyl (C=O) groups is 7.